The van der Waals surface area contributed by atoms with Crippen molar-refractivity contribution in [3.8, 4) is 0 Å². The second-order valence-electron chi connectivity index (χ2n) is 15.3. The minimum Gasteiger partial charge on any atom is -0.481 e. The number of carboxylic acid groups (broad SMARTS) is 3. The van der Waals surface area contributed by atoms with Crippen molar-refractivity contribution in [2.24, 2.45) is 0 Å². The maximum atomic E-state index is 12.3. The molecule has 368 valence electrons. The van der Waals surface area contributed by atoms with Crippen LogP contribution in [0.5, 0.6) is 0 Å². The third-order valence-corrected chi connectivity index (χ3v) is 9.50. The normalized spacial score (nSPS) is 11.8. The molecule has 5 amide bonds. The summed E-state index contributed by atoms with van der Waals surface area (Å²) in [6, 6.07) is -2.54. The SMILES string of the molecule is CC(=O)COCCOCCNC(=O)CCC(NC(=O)COCCOCCNC(=O)CNC(=O)CCC(NC(=O)CCCCCCCCCCCCCCCCC(=O)O)C(=O)O)C(=O)O. The van der Waals surface area contributed by atoms with E-state index in [0.717, 1.165) is 51.4 Å². The van der Waals surface area contributed by atoms with Gasteiger partial charge in [-0.1, -0.05) is 77.0 Å². The van der Waals surface area contributed by atoms with Crippen molar-refractivity contribution < 1.29 is 77.4 Å². The van der Waals surface area contributed by atoms with Gasteiger partial charge in [0.25, 0.3) is 0 Å². The van der Waals surface area contributed by atoms with Crippen molar-refractivity contribution >= 4 is 53.2 Å². The third-order valence-electron chi connectivity index (χ3n) is 9.50. The molecule has 0 aromatic heterocycles. The van der Waals surface area contributed by atoms with E-state index in [4.69, 9.17) is 24.1 Å². The van der Waals surface area contributed by atoms with Gasteiger partial charge in [-0.2, -0.15) is 0 Å². The number of carbonyl (C=O) groups excluding carboxylic acids is 6. The molecule has 0 saturated carbocycles. The lowest BCUT2D eigenvalue weighted by Gasteiger charge is -2.15. The maximum Gasteiger partial charge on any atom is 0.326 e. The highest BCUT2D eigenvalue weighted by molar-refractivity contribution is 5.87. The Kier molecular flexibility index (Phi) is 38.0. The predicted octanol–water partition coefficient (Wildman–Crippen LogP) is 2.02. The Morgan fingerprint density at radius 1 is 0.406 bits per heavy atom. The van der Waals surface area contributed by atoms with Crippen LogP contribution in [0.25, 0.3) is 0 Å². The molecule has 0 aliphatic heterocycles. The van der Waals surface area contributed by atoms with Gasteiger partial charge in [-0.25, -0.2) is 9.59 Å². The summed E-state index contributed by atoms with van der Waals surface area (Å²) in [5, 5.41) is 39.9. The van der Waals surface area contributed by atoms with Crippen LogP contribution < -0.4 is 26.6 Å². The Hall–Kier alpha value is -4.73. The molecule has 0 aliphatic carbocycles. The summed E-state index contributed by atoms with van der Waals surface area (Å²) >= 11 is 0. The minimum absolute atomic E-state index is 0.000964. The fraction of sp³-hybridized carbons (Fsp3) is 0.791. The average Bonchev–Trinajstić information content (AvgIpc) is 3.24. The number of ether oxygens (including phenoxy) is 4. The van der Waals surface area contributed by atoms with Crippen molar-refractivity contribution in [1.82, 2.24) is 26.6 Å². The molecule has 0 bridgehead atoms. The Morgan fingerprint density at radius 3 is 1.25 bits per heavy atom. The lowest BCUT2D eigenvalue weighted by molar-refractivity contribution is -0.143. The first kappa shape index (κ1) is 59.3. The van der Waals surface area contributed by atoms with Crippen LogP contribution >= 0.6 is 0 Å². The van der Waals surface area contributed by atoms with Crippen molar-refractivity contribution in [3.63, 3.8) is 0 Å². The van der Waals surface area contributed by atoms with E-state index in [2.05, 4.69) is 26.6 Å². The first-order chi connectivity index (χ1) is 30.7. The number of carbonyl (C=O) groups is 9. The predicted molar refractivity (Wildman–Crippen MR) is 232 cm³/mol. The zero-order valence-electron chi connectivity index (χ0n) is 37.7. The van der Waals surface area contributed by atoms with Crippen LogP contribution in [0, 0.1) is 0 Å². The smallest absolute Gasteiger partial charge is 0.326 e. The Morgan fingerprint density at radius 2 is 0.797 bits per heavy atom. The van der Waals surface area contributed by atoms with E-state index >= 15 is 0 Å². The number of carboxylic acids is 3. The van der Waals surface area contributed by atoms with Crippen molar-refractivity contribution in [1.29, 1.82) is 0 Å². The molecule has 0 heterocycles. The van der Waals surface area contributed by atoms with Crippen LogP contribution in [0.15, 0.2) is 0 Å². The number of hydrogen-bond acceptors (Lipinski definition) is 13. The molecule has 8 N–H and O–H groups in total. The largest absolute Gasteiger partial charge is 0.481 e. The van der Waals surface area contributed by atoms with Gasteiger partial charge in [-0.05, 0) is 32.6 Å². The molecular formula is C43H75N5O16. The molecule has 0 aliphatic rings. The van der Waals surface area contributed by atoms with Crippen molar-refractivity contribution in [3.05, 3.63) is 0 Å². The van der Waals surface area contributed by atoms with Crippen LogP contribution in [0.1, 0.15) is 135 Å². The van der Waals surface area contributed by atoms with Gasteiger partial charge in [0.15, 0.2) is 5.78 Å². The van der Waals surface area contributed by atoms with Crippen molar-refractivity contribution in [2.45, 2.75) is 147 Å². The Labute approximate surface area is 376 Å². The van der Waals surface area contributed by atoms with Gasteiger partial charge in [0, 0.05) is 38.8 Å². The minimum atomic E-state index is -1.31. The number of nitrogens with one attached hydrogen (secondary N) is 5. The van der Waals surface area contributed by atoms with Crippen LogP contribution in [-0.2, 0) is 62.1 Å². The van der Waals surface area contributed by atoms with Gasteiger partial charge in [0.2, 0.25) is 29.5 Å². The summed E-state index contributed by atoms with van der Waals surface area (Å²) < 4.78 is 20.8. The summed E-state index contributed by atoms with van der Waals surface area (Å²) in [5.74, 6) is -5.97. The highest BCUT2D eigenvalue weighted by Gasteiger charge is 2.22. The molecule has 0 aromatic carbocycles. The number of ketones is 1. The van der Waals surface area contributed by atoms with E-state index in [1.165, 1.54) is 39.0 Å². The molecule has 21 nitrogen and oxygen atoms in total. The summed E-state index contributed by atoms with van der Waals surface area (Å²) in [5.41, 5.74) is 0. The van der Waals surface area contributed by atoms with Crippen molar-refractivity contribution in [2.75, 3.05) is 72.5 Å². The first-order valence-corrected chi connectivity index (χ1v) is 22.6. The number of hydrogen-bond donors (Lipinski definition) is 8. The molecule has 0 rings (SSSR count). The lowest BCUT2D eigenvalue weighted by Crippen LogP contribution is -2.43. The van der Waals surface area contributed by atoms with Gasteiger partial charge in [0.05, 0.1) is 46.2 Å². The standard InChI is InChI=1S/C43H75N5O16/c1-33(49)31-63-28-26-61-24-22-44-36(50)20-18-35(43(59)60)48-40(54)32-64-29-27-62-25-23-45-39(53)30-46-37(51)21-19-34(42(57)58)47-38(52)16-14-12-10-8-6-4-2-3-5-7-9-11-13-15-17-41(55)56/h34-35H,2-32H2,1H3,(H,44,50)(H,45,53)(H,46,51)(H,47,52)(H,48,54)(H,55,56)(H,57,58)(H,59,60). The highest BCUT2D eigenvalue weighted by atomic mass is 16.5. The molecule has 21 heteroatoms. The van der Waals surface area contributed by atoms with Crippen LogP contribution in [-0.4, -0.2) is 153 Å². The van der Waals surface area contributed by atoms with E-state index in [0.29, 0.717) is 6.42 Å². The second-order valence-corrected chi connectivity index (χ2v) is 15.3. The number of aliphatic carboxylic acids is 3. The fourth-order valence-corrected chi connectivity index (χ4v) is 6.02. The first-order valence-electron chi connectivity index (χ1n) is 22.6. The summed E-state index contributed by atoms with van der Waals surface area (Å²) in [7, 11) is 0. The summed E-state index contributed by atoms with van der Waals surface area (Å²) in [4.78, 5) is 105. The molecule has 64 heavy (non-hydrogen) atoms. The number of amides is 5. The van der Waals surface area contributed by atoms with E-state index in [1.807, 2.05) is 0 Å². The second kappa shape index (κ2) is 41.0. The van der Waals surface area contributed by atoms with Gasteiger partial charge >= 0.3 is 17.9 Å². The summed E-state index contributed by atoms with van der Waals surface area (Å²) in [6.45, 7) is 1.70. The number of Topliss-reactive ketones (excluding diaryl/α,β-unsaturated/α-hetero) is 1. The fourth-order valence-electron chi connectivity index (χ4n) is 6.02. The van der Waals surface area contributed by atoms with E-state index < -0.39 is 60.2 Å². The third kappa shape index (κ3) is 40.1. The topological polar surface area (TPSA) is 311 Å². The van der Waals surface area contributed by atoms with E-state index in [1.54, 1.807) is 0 Å². The molecule has 2 unspecified atom stereocenters. The number of unbranched alkanes of at least 4 members (excludes halogenated alkanes) is 13. The van der Waals surface area contributed by atoms with Gasteiger partial charge in [0.1, 0.15) is 25.3 Å². The molecule has 2 atom stereocenters. The van der Waals surface area contributed by atoms with Gasteiger partial charge in [-0.3, -0.25) is 33.6 Å². The Balaban J connectivity index is 3.91. The van der Waals surface area contributed by atoms with Crippen LogP contribution in [0.2, 0.25) is 0 Å². The van der Waals surface area contributed by atoms with Gasteiger partial charge < -0.3 is 60.9 Å². The monoisotopic (exact) mass is 918 g/mol. The zero-order chi connectivity index (χ0) is 47.6. The molecule has 0 radical (unpaired) electrons. The molecule has 0 fully saturated rings. The summed E-state index contributed by atoms with van der Waals surface area (Å²) in [6.07, 6.45) is 14.5. The lowest BCUT2D eigenvalue weighted by atomic mass is 10.0. The molecular weight excluding hydrogens is 842 g/mol. The van der Waals surface area contributed by atoms with Crippen LogP contribution in [0.3, 0.4) is 0 Å². The van der Waals surface area contributed by atoms with Gasteiger partial charge in [-0.15, -0.1) is 0 Å². The Bertz CT molecular complexity index is 1370. The highest BCUT2D eigenvalue weighted by Crippen LogP contribution is 2.14. The molecule has 0 spiro atoms. The van der Waals surface area contributed by atoms with Crippen LogP contribution in [0.4, 0.5) is 0 Å². The van der Waals surface area contributed by atoms with E-state index in [9.17, 15) is 53.4 Å². The average molecular weight is 918 g/mol. The zero-order valence-corrected chi connectivity index (χ0v) is 37.7. The maximum absolute atomic E-state index is 12.3. The van der Waals surface area contributed by atoms with E-state index in [-0.39, 0.29) is 116 Å². The molecule has 0 saturated heterocycles. The quantitative estimate of drug-likeness (QED) is 0.0405. The number of rotatable bonds is 45. The molecule has 0 aromatic rings.